The van der Waals surface area contributed by atoms with Crippen molar-refractivity contribution in [1.29, 1.82) is 0 Å². The van der Waals surface area contributed by atoms with Crippen LogP contribution >= 0.6 is 11.6 Å². The highest BCUT2D eigenvalue weighted by Crippen LogP contribution is 2.34. The molecule has 0 aliphatic carbocycles. The zero-order chi connectivity index (χ0) is 14.0. The molecule has 0 fully saturated rings. The average molecular weight is 281 g/mol. The van der Waals surface area contributed by atoms with E-state index in [4.69, 9.17) is 22.1 Å². The van der Waals surface area contributed by atoms with Crippen molar-refractivity contribution in [3.8, 4) is 5.75 Å². The molecule has 0 saturated carbocycles. The summed E-state index contributed by atoms with van der Waals surface area (Å²) in [4.78, 5) is 0. The molecule has 2 aromatic carbocycles. The number of nitrogens with two attached hydrogens (primary N) is 1. The Bertz CT molecular complexity index is 617. The zero-order valence-electron chi connectivity index (χ0n) is 10.6. The molecule has 0 spiro atoms. The Morgan fingerprint density at radius 3 is 2.58 bits per heavy atom. The topological polar surface area (TPSA) is 47.3 Å². The van der Waals surface area contributed by atoms with Crippen molar-refractivity contribution in [3.63, 3.8) is 0 Å². The summed E-state index contributed by atoms with van der Waals surface area (Å²) in [6, 6.07) is 7.75. The Hall–Kier alpha value is -1.94. The van der Waals surface area contributed by atoms with Crippen molar-refractivity contribution in [3.05, 3.63) is 46.7 Å². The summed E-state index contributed by atoms with van der Waals surface area (Å²) in [5, 5.41) is 3.73. The maximum atomic E-state index is 13.0. The molecule has 2 rings (SSSR count). The van der Waals surface area contributed by atoms with Gasteiger partial charge in [-0.25, -0.2) is 4.39 Å². The molecule has 0 bridgehead atoms. The minimum atomic E-state index is -0.373. The summed E-state index contributed by atoms with van der Waals surface area (Å²) in [6.45, 7) is 1.89. The van der Waals surface area contributed by atoms with Gasteiger partial charge in [0.25, 0.3) is 0 Å². The highest BCUT2D eigenvalue weighted by atomic mass is 35.5. The van der Waals surface area contributed by atoms with Gasteiger partial charge in [-0.1, -0.05) is 11.6 Å². The normalized spacial score (nSPS) is 10.3. The number of anilines is 3. The first-order chi connectivity index (χ1) is 9.01. The van der Waals surface area contributed by atoms with Gasteiger partial charge in [0.05, 0.1) is 24.2 Å². The Labute approximate surface area is 116 Å². The average Bonchev–Trinajstić information content (AvgIpc) is 2.36. The summed E-state index contributed by atoms with van der Waals surface area (Å²) in [5.41, 5.74) is 8.33. The number of benzene rings is 2. The third kappa shape index (κ3) is 2.90. The first-order valence-electron chi connectivity index (χ1n) is 5.67. The molecule has 5 heteroatoms. The Morgan fingerprint density at radius 1 is 1.21 bits per heavy atom. The molecule has 0 aliphatic rings. The molecule has 0 atom stereocenters. The van der Waals surface area contributed by atoms with E-state index in [-0.39, 0.29) is 5.82 Å². The van der Waals surface area contributed by atoms with E-state index in [2.05, 4.69) is 5.32 Å². The first kappa shape index (κ1) is 13.5. The van der Waals surface area contributed by atoms with Crippen LogP contribution in [0.1, 0.15) is 5.56 Å². The molecule has 0 aromatic heterocycles. The van der Waals surface area contributed by atoms with E-state index in [9.17, 15) is 4.39 Å². The molecule has 0 amide bonds. The lowest BCUT2D eigenvalue weighted by atomic mass is 10.2. The molecule has 0 saturated heterocycles. The molecule has 3 nitrogen and oxygen atoms in total. The van der Waals surface area contributed by atoms with Gasteiger partial charge in [0, 0.05) is 11.1 Å². The number of halogens is 2. The molecule has 0 heterocycles. The number of aryl methyl sites for hydroxylation is 1. The van der Waals surface area contributed by atoms with Gasteiger partial charge in [-0.3, -0.25) is 0 Å². The summed E-state index contributed by atoms with van der Waals surface area (Å²) < 4.78 is 18.3. The smallest absolute Gasteiger partial charge is 0.143 e. The quantitative estimate of drug-likeness (QED) is 0.831. The molecular formula is C14H14ClFN2O. The lowest BCUT2D eigenvalue weighted by Crippen LogP contribution is -1.99. The maximum absolute atomic E-state index is 13.0. The van der Waals surface area contributed by atoms with Crippen LogP contribution in [0.15, 0.2) is 30.3 Å². The number of nitrogens with one attached hydrogen (secondary N) is 1. The van der Waals surface area contributed by atoms with E-state index in [1.165, 1.54) is 12.1 Å². The van der Waals surface area contributed by atoms with Gasteiger partial charge < -0.3 is 15.8 Å². The third-order valence-electron chi connectivity index (χ3n) is 2.76. The fourth-order valence-electron chi connectivity index (χ4n) is 1.72. The SMILES string of the molecule is COc1cc(Cl)c(C)cc1Nc1ccc(F)cc1N. The second kappa shape index (κ2) is 5.36. The minimum absolute atomic E-state index is 0.328. The van der Waals surface area contributed by atoms with E-state index in [1.807, 2.05) is 13.0 Å². The first-order valence-corrected chi connectivity index (χ1v) is 6.05. The van der Waals surface area contributed by atoms with Crippen molar-refractivity contribution in [1.82, 2.24) is 0 Å². The van der Waals surface area contributed by atoms with Crippen LogP contribution in [0.5, 0.6) is 5.75 Å². The van der Waals surface area contributed by atoms with Gasteiger partial charge in [0.2, 0.25) is 0 Å². The molecule has 0 unspecified atom stereocenters. The Balaban J connectivity index is 2.40. The van der Waals surface area contributed by atoms with Crippen LogP contribution in [0.3, 0.4) is 0 Å². The van der Waals surface area contributed by atoms with Gasteiger partial charge in [-0.15, -0.1) is 0 Å². The van der Waals surface area contributed by atoms with Crippen LogP contribution < -0.4 is 15.8 Å². The van der Waals surface area contributed by atoms with Crippen molar-refractivity contribution in [2.24, 2.45) is 0 Å². The molecule has 19 heavy (non-hydrogen) atoms. The highest BCUT2D eigenvalue weighted by molar-refractivity contribution is 6.31. The van der Waals surface area contributed by atoms with E-state index in [0.717, 1.165) is 11.3 Å². The summed E-state index contributed by atoms with van der Waals surface area (Å²) in [7, 11) is 1.56. The number of hydrogen-bond donors (Lipinski definition) is 2. The van der Waals surface area contributed by atoms with Crippen LogP contribution in [0.2, 0.25) is 5.02 Å². The largest absolute Gasteiger partial charge is 0.495 e. The maximum Gasteiger partial charge on any atom is 0.143 e. The van der Waals surface area contributed by atoms with Crippen molar-refractivity contribution in [2.75, 3.05) is 18.2 Å². The molecule has 100 valence electrons. The summed E-state index contributed by atoms with van der Waals surface area (Å²) in [6.07, 6.45) is 0. The summed E-state index contributed by atoms with van der Waals surface area (Å²) >= 11 is 6.04. The molecular weight excluding hydrogens is 267 g/mol. The fraction of sp³-hybridized carbons (Fsp3) is 0.143. The summed E-state index contributed by atoms with van der Waals surface area (Å²) in [5.74, 6) is 0.224. The number of methoxy groups -OCH3 is 1. The number of nitrogen functional groups attached to an aromatic ring is 1. The van der Waals surface area contributed by atoms with Gasteiger partial charge in [-0.05, 0) is 36.8 Å². The van der Waals surface area contributed by atoms with Crippen molar-refractivity contribution < 1.29 is 9.13 Å². The number of hydrogen-bond acceptors (Lipinski definition) is 3. The third-order valence-corrected chi connectivity index (χ3v) is 3.17. The van der Waals surface area contributed by atoms with Crippen LogP contribution in [-0.4, -0.2) is 7.11 Å². The van der Waals surface area contributed by atoms with Crippen LogP contribution in [-0.2, 0) is 0 Å². The number of rotatable bonds is 3. The fourth-order valence-corrected chi connectivity index (χ4v) is 1.88. The Kier molecular flexibility index (Phi) is 3.81. The Morgan fingerprint density at radius 2 is 1.95 bits per heavy atom. The van der Waals surface area contributed by atoms with E-state index >= 15 is 0 Å². The van der Waals surface area contributed by atoms with Crippen molar-refractivity contribution in [2.45, 2.75) is 6.92 Å². The lowest BCUT2D eigenvalue weighted by Gasteiger charge is -2.14. The van der Waals surface area contributed by atoms with E-state index in [0.29, 0.717) is 22.1 Å². The van der Waals surface area contributed by atoms with Crippen LogP contribution in [0.4, 0.5) is 21.5 Å². The highest BCUT2D eigenvalue weighted by Gasteiger charge is 2.09. The van der Waals surface area contributed by atoms with E-state index in [1.54, 1.807) is 19.2 Å². The molecule has 2 aromatic rings. The standard InChI is InChI=1S/C14H14ClFN2O/c1-8-5-13(14(19-2)7-10(8)15)18-12-4-3-9(16)6-11(12)17/h3-7,18H,17H2,1-2H3. The van der Waals surface area contributed by atoms with Crippen LogP contribution in [0, 0.1) is 12.7 Å². The van der Waals surface area contributed by atoms with Crippen LogP contribution in [0.25, 0.3) is 0 Å². The molecule has 0 radical (unpaired) electrons. The molecule has 0 aliphatic heterocycles. The van der Waals surface area contributed by atoms with E-state index < -0.39 is 0 Å². The predicted molar refractivity (Wildman–Crippen MR) is 76.8 cm³/mol. The second-order valence-electron chi connectivity index (χ2n) is 4.16. The zero-order valence-corrected chi connectivity index (χ0v) is 11.4. The van der Waals surface area contributed by atoms with Gasteiger partial charge in [0.1, 0.15) is 11.6 Å². The monoisotopic (exact) mass is 280 g/mol. The van der Waals surface area contributed by atoms with Gasteiger partial charge in [0.15, 0.2) is 0 Å². The minimum Gasteiger partial charge on any atom is -0.495 e. The number of ether oxygens (including phenoxy) is 1. The molecule has 3 N–H and O–H groups in total. The van der Waals surface area contributed by atoms with Gasteiger partial charge >= 0.3 is 0 Å². The second-order valence-corrected chi connectivity index (χ2v) is 4.57. The lowest BCUT2D eigenvalue weighted by molar-refractivity contribution is 0.417. The van der Waals surface area contributed by atoms with Crippen molar-refractivity contribution >= 4 is 28.7 Å². The van der Waals surface area contributed by atoms with Gasteiger partial charge in [-0.2, -0.15) is 0 Å². The predicted octanol–water partition coefficient (Wildman–Crippen LogP) is 4.12.